The van der Waals surface area contributed by atoms with E-state index in [4.69, 9.17) is 28.0 Å². The van der Waals surface area contributed by atoms with Gasteiger partial charge in [0, 0.05) is 12.6 Å². The fourth-order valence-electron chi connectivity index (χ4n) is 3.20. The first-order chi connectivity index (χ1) is 14.4. The topological polar surface area (TPSA) is 68.5 Å². The molecule has 1 aromatic heterocycles. The molecule has 2 heterocycles. The van der Waals surface area contributed by atoms with E-state index in [1.54, 1.807) is 16.9 Å². The molecule has 0 fully saturated rings. The Bertz CT molecular complexity index is 1130. The summed E-state index contributed by atoms with van der Waals surface area (Å²) >= 11 is 12.3. The van der Waals surface area contributed by atoms with Gasteiger partial charge in [0.15, 0.2) is 5.82 Å². The maximum Gasteiger partial charge on any atom is 0.269 e. The number of carbonyl (C=O) groups is 1. The van der Waals surface area contributed by atoms with Gasteiger partial charge < -0.3 is 10.2 Å². The highest BCUT2D eigenvalue weighted by atomic mass is 35.5. The van der Waals surface area contributed by atoms with E-state index in [9.17, 15) is 9.18 Å². The van der Waals surface area contributed by atoms with Crippen LogP contribution in [0.3, 0.4) is 0 Å². The molecule has 3 aromatic rings. The lowest BCUT2D eigenvalue weighted by Crippen LogP contribution is -2.28. The van der Waals surface area contributed by atoms with Crippen molar-refractivity contribution < 1.29 is 14.0 Å². The highest BCUT2D eigenvalue weighted by molar-refractivity contribution is 6.34. The van der Waals surface area contributed by atoms with Crippen molar-refractivity contribution in [3.05, 3.63) is 81.2 Å². The van der Waals surface area contributed by atoms with Crippen LogP contribution in [0.25, 0.3) is 0 Å². The van der Waals surface area contributed by atoms with E-state index in [1.807, 2.05) is 31.2 Å². The van der Waals surface area contributed by atoms with E-state index in [1.165, 1.54) is 12.1 Å². The quantitative estimate of drug-likeness (QED) is 0.610. The lowest BCUT2D eigenvalue weighted by molar-refractivity contribution is -0.125. The van der Waals surface area contributed by atoms with Crippen LogP contribution >= 0.6 is 23.2 Å². The second-order valence-corrected chi connectivity index (χ2v) is 7.75. The molecular weight excluding hydrogens is 430 g/mol. The van der Waals surface area contributed by atoms with E-state index >= 15 is 0 Å². The Morgan fingerprint density at radius 1 is 1.27 bits per heavy atom. The number of oxime groups is 1. The summed E-state index contributed by atoms with van der Waals surface area (Å²) in [6.45, 7) is 2.52. The number of rotatable bonds is 5. The summed E-state index contributed by atoms with van der Waals surface area (Å²) in [5, 5.41) is 11.3. The lowest BCUT2D eigenvalue weighted by Gasteiger charge is -2.08. The summed E-state index contributed by atoms with van der Waals surface area (Å²) in [6.07, 6.45) is 0.776. The third-order valence-corrected chi connectivity index (χ3v) is 5.19. The van der Waals surface area contributed by atoms with E-state index in [0.717, 1.165) is 11.1 Å². The number of hydrogen-bond acceptors (Lipinski definition) is 4. The third kappa shape index (κ3) is 4.32. The van der Waals surface area contributed by atoms with Crippen molar-refractivity contribution in [2.45, 2.75) is 26.0 Å². The number of amides is 1. The molecule has 0 saturated carbocycles. The van der Waals surface area contributed by atoms with Gasteiger partial charge in [-0.05, 0) is 24.6 Å². The van der Waals surface area contributed by atoms with Crippen LogP contribution < -0.4 is 5.32 Å². The molecule has 9 heteroatoms. The van der Waals surface area contributed by atoms with Crippen molar-refractivity contribution in [3.63, 3.8) is 0 Å². The maximum absolute atomic E-state index is 14.1. The molecule has 0 radical (unpaired) electrons. The molecule has 1 N–H and O–H groups in total. The number of carbonyl (C=O) groups excluding carboxylic acids is 1. The first-order valence-corrected chi connectivity index (χ1v) is 9.93. The van der Waals surface area contributed by atoms with Crippen LogP contribution in [-0.4, -0.2) is 27.5 Å². The zero-order valence-corrected chi connectivity index (χ0v) is 17.4. The summed E-state index contributed by atoms with van der Waals surface area (Å²) < 4.78 is 15.7. The minimum Gasteiger partial charge on any atom is -0.382 e. The highest BCUT2D eigenvalue weighted by Crippen LogP contribution is 2.27. The fraction of sp³-hybridized carbons (Fsp3) is 0.190. The van der Waals surface area contributed by atoms with Gasteiger partial charge in [-0.1, -0.05) is 64.3 Å². The minimum absolute atomic E-state index is 0.0775. The summed E-state index contributed by atoms with van der Waals surface area (Å²) in [5.74, 6) is -0.789. The molecule has 1 atom stereocenters. The van der Waals surface area contributed by atoms with E-state index < -0.39 is 17.8 Å². The summed E-state index contributed by atoms with van der Waals surface area (Å²) in [6, 6.07) is 12.3. The van der Waals surface area contributed by atoms with Gasteiger partial charge >= 0.3 is 0 Å². The second kappa shape index (κ2) is 8.45. The molecule has 0 aliphatic carbocycles. The Hall–Kier alpha value is -2.90. The monoisotopic (exact) mass is 446 g/mol. The van der Waals surface area contributed by atoms with Gasteiger partial charge in [0.2, 0.25) is 6.10 Å². The summed E-state index contributed by atoms with van der Waals surface area (Å²) in [4.78, 5) is 17.8. The summed E-state index contributed by atoms with van der Waals surface area (Å²) in [5.41, 5.74) is 2.61. The predicted molar refractivity (Wildman–Crippen MR) is 114 cm³/mol. The smallest absolute Gasteiger partial charge is 0.269 e. The van der Waals surface area contributed by atoms with E-state index in [2.05, 4.69) is 15.6 Å². The van der Waals surface area contributed by atoms with Crippen molar-refractivity contribution in [1.82, 2.24) is 9.78 Å². The molecule has 0 bridgehead atoms. The lowest BCUT2D eigenvalue weighted by atomic mass is 10.0. The van der Waals surface area contributed by atoms with Crippen LogP contribution in [0.2, 0.25) is 10.0 Å². The van der Waals surface area contributed by atoms with Gasteiger partial charge in [-0.15, -0.1) is 0 Å². The number of benzene rings is 2. The SMILES string of the molecule is Cc1cccc(Cn2cc(Cl)c(NC(=O)C3CC(c4c(F)cccc4Cl)=NO3)n2)c1. The average Bonchev–Trinajstić information content (AvgIpc) is 3.29. The van der Waals surface area contributed by atoms with Crippen LogP contribution in [0.5, 0.6) is 0 Å². The maximum atomic E-state index is 14.1. The molecule has 1 aliphatic heterocycles. The Labute approximate surface area is 182 Å². The van der Waals surface area contributed by atoms with E-state index in [0.29, 0.717) is 11.6 Å². The normalized spacial score (nSPS) is 15.6. The largest absolute Gasteiger partial charge is 0.382 e. The Balaban J connectivity index is 1.42. The highest BCUT2D eigenvalue weighted by Gasteiger charge is 2.32. The molecule has 4 rings (SSSR count). The Kier molecular flexibility index (Phi) is 5.74. The zero-order chi connectivity index (χ0) is 21.3. The third-order valence-electron chi connectivity index (χ3n) is 4.60. The average molecular weight is 447 g/mol. The summed E-state index contributed by atoms with van der Waals surface area (Å²) in [7, 11) is 0. The number of nitrogens with zero attached hydrogens (tertiary/aromatic N) is 3. The van der Waals surface area contributed by atoms with Crippen molar-refractivity contribution in [3.8, 4) is 0 Å². The van der Waals surface area contributed by atoms with Crippen LogP contribution in [0, 0.1) is 12.7 Å². The van der Waals surface area contributed by atoms with Gasteiger partial charge in [-0.3, -0.25) is 9.48 Å². The van der Waals surface area contributed by atoms with Crippen LogP contribution in [0.1, 0.15) is 23.1 Å². The van der Waals surface area contributed by atoms with Crippen LogP contribution in [-0.2, 0) is 16.2 Å². The predicted octanol–water partition coefficient (Wildman–Crippen LogP) is 4.82. The number of anilines is 1. The fourth-order valence-corrected chi connectivity index (χ4v) is 3.67. The van der Waals surface area contributed by atoms with Crippen molar-refractivity contribution in [2.24, 2.45) is 5.16 Å². The molecule has 0 saturated heterocycles. The molecule has 1 aliphatic rings. The first-order valence-electron chi connectivity index (χ1n) is 9.17. The number of aromatic nitrogens is 2. The second-order valence-electron chi connectivity index (χ2n) is 6.93. The Morgan fingerprint density at radius 3 is 2.83 bits per heavy atom. The molecule has 1 amide bonds. The Morgan fingerprint density at radius 2 is 2.07 bits per heavy atom. The van der Waals surface area contributed by atoms with Gasteiger partial charge in [-0.2, -0.15) is 5.10 Å². The number of aryl methyl sites for hydroxylation is 1. The molecule has 30 heavy (non-hydrogen) atoms. The number of hydrogen-bond donors (Lipinski definition) is 1. The standard InChI is InChI=1S/C21H17Cl2FN4O2/c1-12-4-2-5-13(8-12)10-28-11-15(23)20(26-28)25-21(29)18-9-17(27-30-18)19-14(22)6-3-7-16(19)24/h2-8,11,18H,9-10H2,1H3,(H,25,26,29). The molecule has 6 nitrogen and oxygen atoms in total. The molecule has 1 unspecified atom stereocenters. The molecule has 0 spiro atoms. The molecule has 2 aromatic carbocycles. The van der Waals surface area contributed by atoms with Gasteiger partial charge in [-0.25, -0.2) is 4.39 Å². The van der Waals surface area contributed by atoms with Crippen molar-refractivity contribution in [2.75, 3.05) is 5.32 Å². The van der Waals surface area contributed by atoms with Crippen LogP contribution in [0.4, 0.5) is 10.2 Å². The van der Waals surface area contributed by atoms with Gasteiger partial charge in [0.25, 0.3) is 5.91 Å². The molecule has 154 valence electrons. The molecular formula is C21H17Cl2FN4O2. The number of nitrogens with one attached hydrogen (secondary N) is 1. The minimum atomic E-state index is -0.936. The van der Waals surface area contributed by atoms with Crippen molar-refractivity contribution >= 4 is 40.6 Å². The zero-order valence-electron chi connectivity index (χ0n) is 15.9. The van der Waals surface area contributed by atoms with Crippen molar-refractivity contribution in [1.29, 1.82) is 0 Å². The first kappa shape index (κ1) is 20.4. The van der Waals surface area contributed by atoms with E-state index in [-0.39, 0.29) is 28.5 Å². The number of halogens is 3. The van der Waals surface area contributed by atoms with Crippen LogP contribution in [0.15, 0.2) is 53.8 Å². The van der Waals surface area contributed by atoms with Gasteiger partial charge in [0.05, 0.1) is 22.8 Å². The van der Waals surface area contributed by atoms with Gasteiger partial charge in [0.1, 0.15) is 10.8 Å².